The third kappa shape index (κ3) is 4.47. The Labute approximate surface area is 201 Å². The van der Waals surface area contributed by atoms with Gasteiger partial charge in [-0.15, -0.1) is 0 Å². The number of carbonyl (C=O) groups is 1. The minimum atomic E-state index is -4.75. The quantitative estimate of drug-likeness (QED) is 0.462. The summed E-state index contributed by atoms with van der Waals surface area (Å²) in [6.07, 6.45) is -1.54. The lowest BCUT2D eigenvalue weighted by Gasteiger charge is -2.49. The maximum absolute atomic E-state index is 14.8. The molecule has 3 aromatic rings. The Kier molecular flexibility index (Phi) is 6.05. The minimum Gasteiger partial charge on any atom is -0.470 e. The van der Waals surface area contributed by atoms with Gasteiger partial charge >= 0.3 is 6.18 Å². The van der Waals surface area contributed by atoms with Crippen molar-refractivity contribution in [3.63, 3.8) is 0 Å². The highest BCUT2D eigenvalue weighted by molar-refractivity contribution is 6.00. The second-order valence-electron chi connectivity index (χ2n) is 8.76. The summed E-state index contributed by atoms with van der Waals surface area (Å²) >= 11 is 0. The maximum atomic E-state index is 14.8. The number of piperidine rings is 2. The Balaban J connectivity index is 1.43. The van der Waals surface area contributed by atoms with Gasteiger partial charge in [-0.3, -0.25) is 4.79 Å². The minimum absolute atomic E-state index is 0.0134. The van der Waals surface area contributed by atoms with E-state index in [0.717, 1.165) is 24.9 Å². The molecule has 1 aromatic carbocycles. The van der Waals surface area contributed by atoms with Gasteiger partial charge < -0.3 is 9.64 Å². The van der Waals surface area contributed by atoms with E-state index in [2.05, 4.69) is 15.0 Å². The number of amides is 1. The fourth-order valence-corrected chi connectivity index (χ4v) is 4.83. The van der Waals surface area contributed by atoms with E-state index >= 15 is 0 Å². The Morgan fingerprint density at radius 3 is 2.42 bits per heavy atom. The lowest BCUT2D eigenvalue weighted by atomic mass is 9.77. The van der Waals surface area contributed by atoms with Crippen LogP contribution in [0.5, 0.6) is 5.88 Å². The van der Waals surface area contributed by atoms with Crippen LogP contribution in [-0.4, -0.2) is 44.4 Å². The van der Waals surface area contributed by atoms with Crippen LogP contribution in [0.2, 0.25) is 0 Å². The van der Waals surface area contributed by atoms with Crippen molar-refractivity contribution in [2.45, 2.75) is 37.6 Å². The van der Waals surface area contributed by atoms with E-state index < -0.39 is 53.1 Å². The lowest BCUT2D eigenvalue weighted by Crippen LogP contribution is -2.59. The molecule has 6 rings (SSSR count). The number of fused-ring (bicyclic) bond motifs is 3. The van der Waals surface area contributed by atoms with Crippen LogP contribution in [-0.2, 0) is 6.18 Å². The molecule has 0 unspecified atom stereocenters. The fraction of sp³-hybridized carbons (Fsp3) is 0.333. The molecule has 0 radical (unpaired) electrons. The first-order valence-corrected chi connectivity index (χ1v) is 11.1. The normalized spacial score (nSPS) is 21.5. The van der Waals surface area contributed by atoms with Crippen LogP contribution < -0.4 is 4.74 Å². The van der Waals surface area contributed by atoms with Crippen molar-refractivity contribution in [2.24, 2.45) is 5.92 Å². The van der Waals surface area contributed by atoms with Crippen molar-refractivity contribution >= 4 is 5.91 Å². The SMILES string of the molecule is O=C(c1cccc(F)c1-c1ncc(F)cn1)N1C[C@@H]2CC[C@H]1[C@H](Oc1ncc(C(F)(F)F)cc1F)C2. The molecule has 2 aromatic heterocycles. The topological polar surface area (TPSA) is 68.2 Å². The first kappa shape index (κ1) is 24.0. The number of carbonyl (C=O) groups excluding carboxylic acids is 1. The first-order valence-electron chi connectivity index (χ1n) is 11.1. The molecule has 36 heavy (non-hydrogen) atoms. The molecule has 2 bridgehead atoms. The van der Waals surface area contributed by atoms with Crippen molar-refractivity contribution in [3.8, 4) is 17.3 Å². The maximum Gasteiger partial charge on any atom is 0.417 e. The number of benzene rings is 1. The fourth-order valence-electron chi connectivity index (χ4n) is 4.83. The first-order chi connectivity index (χ1) is 17.1. The van der Waals surface area contributed by atoms with E-state index in [-0.39, 0.29) is 22.9 Å². The molecule has 1 amide bonds. The molecule has 1 saturated carbocycles. The predicted octanol–water partition coefficient (Wildman–Crippen LogP) is 5.05. The highest BCUT2D eigenvalue weighted by Crippen LogP contribution is 2.39. The molecule has 1 aliphatic carbocycles. The highest BCUT2D eigenvalue weighted by Gasteiger charge is 2.45. The number of rotatable bonds is 4. The van der Waals surface area contributed by atoms with Gasteiger partial charge in [-0.05, 0) is 43.4 Å². The molecular weight excluding hydrogens is 490 g/mol. The number of halogens is 6. The van der Waals surface area contributed by atoms with Crippen LogP contribution in [0.3, 0.4) is 0 Å². The molecule has 12 heteroatoms. The van der Waals surface area contributed by atoms with Crippen molar-refractivity contribution in [1.82, 2.24) is 19.9 Å². The van der Waals surface area contributed by atoms with Crippen LogP contribution in [0.15, 0.2) is 42.9 Å². The van der Waals surface area contributed by atoms with Crippen LogP contribution in [0, 0.1) is 23.4 Å². The number of hydrogen-bond acceptors (Lipinski definition) is 5. The van der Waals surface area contributed by atoms with Gasteiger partial charge in [0.2, 0.25) is 0 Å². The molecule has 3 aliphatic rings. The van der Waals surface area contributed by atoms with Crippen LogP contribution >= 0.6 is 0 Å². The van der Waals surface area contributed by atoms with Gasteiger partial charge in [0.15, 0.2) is 17.5 Å². The number of hydrogen-bond donors (Lipinski definition) is 0. The second kappa shape index (κ2) is 9.07. The third-order valence-corrected chi connectivity index (χ3v) is 6.47. The van der Waals surface area contributed by atoms with E-state index in [1.165, 1.54) is 17.0 Å². The van der Waals surface area contributed by atoms with E-state index in [4.69, 9.17) is 4.74 Å². The summed E-state index contributed by atoms with van der Waals surface area (Å²) in [6.45, 7) is 0.340. The largest absolute Gasteiger partial charge is 0.470 e. The average Bonchev–Trinajstić information content (AvgIpc) is 2.85. The summed E-state index contributed by atoms with van der Waals surface area (Å²) in [4.78, 5) is 26.2. The number of nitrogens with zero attached hydrogens (tertiary/aromatic N) is 4. The van der Waals surface area contributed by atoms with E-state index in [1.807, 2.05) is 0 Å². The Morgan fingerprint density at radius 1 is 1.00 bits per heavy atom. The average molecular weight is 508 g/mol. The number of alkyl halides is 3. The predicted molar refractivity (Wildman–Crippen MR) is 113 cm³/mol. The smallest absolute Gasteiger partial charge is 0.417 e. The Hall–Kier alpha value is -3.70. The molecule has 188 valence electrons. The zero-order valence-electron chi connectivity index (χ0n) is 18.5. The molecule has 2 aliphatic heterocycles. The zero-order valence-corrected chi connectivity index (χ0v) is 18.5. The summed E-state index contributed by atoms with van der Waals surface area (Å²) in [5.74, 6) is -4.05. The molecule has 0 N–H and O–H groups in total. The number of pyridine rings is 1. The summed E-state index contributed by atoms with van der Waals surface area (Å²) in [6, 6.07) is 3.66. The van der Waals surface area contributed by atoms with Gasteiger partial charge in [-0.1, -0.05) is 6.07 Å². The van der Waals surface area contributed by atoms with Gasteiger partial charge in [-0.2, -0.15) is 13.2 Å². The van der Waals surface area contributed by atoms with Gasteiger partial charge in [0.05, 0.1) is 35.1 Å². The molecule has 2 saturated heterocycles. The van der Waals surface area contributed by atoms with E-state index in [0.29, 0.717) is 31.6 Å². The number of ether oxygens (including phenoxy) is 1. The van der Waals surface area contributed by atoms with Gasteiger partial charge in [0, 0.05) is 12.7 Å². The van der Waals surface area contributed by atoms with Gasteiger partial charge in [0.25, 0.3) is 11.8 Å². The van der Waals surface area contributed by atoms with E-state index in [1.54, 1.807) is 0 Å². The highest BCUT2D eigenvalue weighted by atomic mass is 19.4. The zero-order chi connectivity index (χ0) is 25.6. The lowest BCUT2D eigenvalue weighted by molar-refractivity contribution is -0.138. The van der Waals surface area contributed by atoms with E-state index in [9.17, 15) is 31.1 Å². The van der Waals surface area contributed by atoms with Crippen LogP contribution in [0.25, 0.3) is 11.4 Å². The van der Waals surface area contributed by atoms with Crippen LogP contribution in [0.1, 0.15) is 35.2 Å². The Bertz CT molecular complexity index is 1300. The summed E-state index contributed by atoms with van der Waals surface area (Å²) in [5, 5.41) is 0. The van der Waals surface area contributed by atoms with Crippen molar-refractivity contribution < 1.29 is 35.9 Å². The standard InChI is InChI=1S/C24H18F6N4O2/c25-14-9-31-21(32-10-14)20-15(2-1-3-16(20)26)23(35)34-11-12-4-5-18(34)19(6-12)36-22-17(27)7-13(8-33-22)24(28,29)30/h1-3,7-10,12,18-19H,4-6,11H2/t12-,18+,19-/m1/s1. The molecule has 3 fully saturated rings. The molecule has 6 nitrogen and oxygen atoms in total. The summed E-state index contributed by atoms with van der Waals surface area (Å²) < 4.78 is 86.6. The summed E-state index contributed by atoms with van der Waals surface area (Å²) in [7, 11) is 0. The van der Waals surface area contributed by atoms with Crippen LogP contribution in [0.4, 0.5) is 26.3 Å². The molecular formula is C24H18F6N4O2. The van der Waals surface area contributed by atoms with Gasteiger partial charge in [0.1, 0.15) is 11.9 Å². The van der Waals surface area contributed by atoms with Crippen molar-refractivity contribution in [3.05, 3.63) is 71.4 Å². The monoisotopic (exact) mass is 508 g/mol. The molecule has 4 heterocycles. The third-order valence-electron chi connectivity index (χ3n) is 6.47. The Morgan fingerprint density at radius 2 is 1.75 bits per heavy atom. The van der Waals surface area contributed by atoms with Gasteiger partial charge in [-0.25, -0.2) is 28.1 Å². The molecule has 3 atom stereocenters. The number of aromatic nitrogens is 3. The summed E-state index contributed by atoms with van der Waals surface area (Å²) in [5.41, 5.74) is -1.46. The second-order valence-corrected chi connectivity index (χ2v) is 8.76. The van der Waals surface area contributed by atoms with Crippen molar-refractivity contribution in [1.29, 1.82) is 0 Å². The molecule has 0 spiro atoms. The van der Waals surface area contributed by atoms with Crippen molar-refractivity contribution in [2.75, 3.05) is 6.54 Å².